The summed E-state index contributed by atoms with van der Waals surface area (Å²) in [6.07, 6.45) is -0.266. The number of amides is 2. The number of halogens is 1. The van der Waals surface area contributed by atoms with E-state index in [2.05, 4.69) is 25.8 Å². The molecule has 0 fully saturated rings. The average Bonchev–Trinajstić information content (AvgIpc) is 3.39. The van der Waals surface area contributed by atoms with Crippen LogP contribution in [0.1, 0.15) is 33.6 Å². The van der Waals surface area contributed by atoms with Gasteiger partial charge in [0.25, 0.3) is 0 Å². The van der Waals surface area contributed by atoms with Crippen molar-refractivity contribution in [3.63, 3.8) is 0 Å². The van der Waals surface area contributed by atoms with E-state index in [0.717, 1.165) is 0 Å². The average molecular weight is 585 g/mol. The molecule has 0 aliphatic carbocycles. The van der Waals surface area contributed by atoms with Crippen LogP contribution in [-0.4, -0.2) is 61.0 Å². The van der Waals surface area contributed by atoms with E-state index in [9.17, 15) is 14.4 Å². The van der Waals surface area contributed by atoms with E-state index in [1.807, 2.05) is 0 Å². The van der Waals surface area contributed by atoms with Gasteiger partial charge in [-0.3, -0.25) is 19.9 Å². The molecular weight excluding hydrogens is 560 g/mol. The van der Waals surface area contributed by atoms with E-state index in [0.29, 0.717) is 44.8 Å². The maximum Gasteiger partial charge on any atom is 0.324 e. The van der Waals surface area contributed by atoms with Crippen LogP contribution in [0.4, 0.5) is 10.5 Å². The fourth-order valence-corrected chi connectivity index (χ4v) is 4.37. The molecule has 2 aliphatic heterocycles. The SMILES string of the molecule is COc1ccc(C(=O)CC2=NC3=NN=C(NC(=O)Nc4ccc(Cl)cc4)[C@H]3N=C2CC(=O)c2cccc(OC)c2)cc1. The molecular formula is C30H25ClN6O5. The predicted molar refractivity (Wildman–Crippen MR) is 161 cm³/mol. The molecule has 212 valence electrons. The van der Waals surface area contributed by atoms with Crippen molar-refractivity contribution < 1.29 is 23.9 Å². The van der Waals surface area contributed by atoms with Crippen molar-refractivity contribution in [2.75, 3.05) is 19.5 Å². The summed E-state index contributed by atoms with van der Waals surface area (Å²) in [5.74, 6) is 1.01. The Bertz CT molecular complexity index is 1660. The Morgan fingerprint density at radius 1 is 0.786 bits per heavy atom. The molecule has 3 aromatic carbocycles. The third-order valence-corrected chi connectivity index (χ3v) is 6.69. The molecule has 2 heterocycles. The third kappa shape index (κ3) is 6.58. The molecule has 0 radical (unpaired) electrons. The summed E-state index contributed by atoms with van der Waals surface area (Å²) in [5.41, 5.74) is 1.97. The van der Waals surface area contributed by atoms with Crippen LogP contribution in [-0.2, 0) is 0 Å². The number of urea groups is 1. The van der Waals surface area contributed by atoms with E-state index >= 15 is 0 Å². The monoisotopic (exact) mass is 584 g/mol. The van der Waals surface area contributed by atoms with Crippen molar-refractivity contribution in [2.45, 2.75) is 18.9 Å². The summed E-state index contributed by atoms with van der Waals surface area (Å²) < 4.78 is 10.4. The second kappa shape index (κ2) is 12.6. The number of carbonyl (C=O) groups is 3. The number of ether oxygens (including phenoxy) is 2. The van der Waals surface area contributed by atoms with Gasteiger partial charge in [-0.1, -0.05) is 23.7 Å². The van der Waals surface area contributed by atoms with Gasteiger partial charge in [0.15, 0.2) is 29.3 Å². The largest absolute Gasteiger partial charge is 0.497 e. The van der Waals surface area contributed by atoms with Gasteiger partial charge in [0.1, 0.15) is 11.5 Å². The highest BCUT2D eigenvalue weighted by Crippen LogP contribution is 2.21. The van der Waals surface area contributed by atoms with Gasteiger partial charge in [-0.2, -0.15) is 0 Å². The second-order valence-corrected chi connectivity index (χ2v) is 9.66. The summed E-state index contributed by atoms with van der Waals surface area (Å²) in [6.45, 7) is 0. The molecule has 2 amide bonds. The number of amidine groups is 2. The lowest BCUT2D eigenvalue weighted by Crippen LogP contribution is -2.44. The first-order chi connectivity index (χ1) is 20.3. The van der Waals surface area contributed by atoms with Crippen LogP contribution in [0.2, 0.25) is 5.02 Å². The smallest absolute Gasteiger partial charge is 0.324 e. The molecule has 0 bridgehead atoms. The normalized spacial score (nSPS) is 15.4. The first-order valence-corrected chi connectivity index (χ1v) is 13.2. The quantitative estimate of drug-likeness (QED) is 0.340. The minimum absolute atomic E-state index is 0.123. The van der Waals surface area contributed by atoms with Crippen LogP contribution in [0.5, 0.6) is 11.5 Å². The van der Waals surface area contributed by atoms with Crippen molar-refractivity contribution in [3.05, 3.63) is 88.9 Å². The highest BCUT2D eigenvalue weighted by atomic mass is 35.5. The standard InChI is InChI=1S/C30H25ClN6O5/c1-41-21-12-6-17(7-13-21)25(38)16-24-23(15-26(39)18-4-3-5-22(14-18)42-2)33-27-28(34-24)36-37-29(27)35-30(40)32-20-10-8-19(31)9-11-20/h3-14,27H,15-16H2,1-2H3,(H2,32,35,37,40)/t27-/m0/s1. The zero-order valence-electron chi connectivity index (χ0n) is 22.6. The number of hydrogen-bond donors (Lipinski definition) is 2. The van der Waals surface area contributed by atoms with Crippen molar-refractivity contribution in [1.29, 1.82) is 0 Å². The Labute approximate surface area is 246 Å². The van der Waals surface area contributed by atoms with Crippen LogP contribution in [0.3, 0.4) is 0 Å². The molecule has 3 aromatic rings. The molecule has 12 heteroatoms. The maximum atomic E-state index is 13.3. The lowest BCUT2D eigenvalue weighted by atomic mass is 9.96. The summed E-state index contributed by atoms with van der Waals surface area (Å²) in [6, 6.07) is 18.6. The van der Waals surface area contributed by atoms with Gasteiger partial charge >= 0.3 is 6.03 Å². The number of nitrogens with one attached hydrogen (secondary N) is 2. The molecule has 2 aliphatic rings. The van der Waals surface area contributed by atoms with E-state index < -0.39 is 12.1 Å². The lowest BCUT2D eigenvalue weighted by molar-refractivity contribution is 0.0989. The molecule has 5 rings (SSSR count). The van der Waals surface area contributed by atoms with Crippen LogP contribution >= 0.6 is 11.6 Å². The summed E-state index contributed by atoms with van der Waals surface area (Å²) in [5, 5.41) is 14.0. The second-order valence-electron chi connectivity index (χ2n) is 9.23. The van der Waals surface area contributed by atoms with Crippen LogP contribution in [0, 0.1) is 0 Å². The Morgan fingerprint density at radius 3 is 2.19 bits per heavy atom. The molecule has 11 nitrogen and oxygen atoms in total. The van der Waals surface area contributed by atoms with Gasteiger partial charge in [0.2, 0.25) is 0 Å². The topological polar surface area (TPSA) is 143 Å². The fraction of sp³-hybridized carbons (Fsp3) is 0.167. The Hall–Kier alpha value is -5.16. The number of anilines is 1. The minimum atomic E-state index is -0.853. The molecule has 2 N–H and O–H groups in total. The summed E-state index contributed by atoms with van der Waals surface area (Å²) in [7, 11) is 3.06. The number of benzene rings is 3. The van der Waals surface area contributed by atoms with Gasteiger partial charge < -0.3 is 14.8 Å². The zero-order valence-corrected chi connectivity index (χ0v) is 23.4. The number of fused-ring (bicyclic) bond motifs is 1. The van der Waals surface area contributed by atoms with E-state index in [4.69, 9.17) is 26.1 Å². The van der Waals surface area contributed by atoms with Crippen molar-refractivity contribution >= 4 is 58.0 Å². The first kappa shape index (κ1) is 28.4. The number of methoxy groups -OCH3 is 2. The van der Waals surface area contributed by atoms with Gasteiger partial charge in [-0.15, -0.1) is 10.2 Å². The fourth-order valence-electron chi connectivity index (χ4n) is 4.25. The molecule has 1 atom stereocenters. The Balaban J connectivity index is 1.37. The van der Waals surface area contributed by atoms with Crippen molar-refractivity contribution in [2.24, 2.45) is 20.2 Å². The van der Waals surface area contributed by atoms with Gasteiger partial charge in [0.05, 0.1) is 38.5 Å². The number of rotatable bonds is 9. The number of ketones is 2. The highest BCUT2D eigenvalue weighted by molar-refractivity contribution is 6.51. The maximum absolute atomic E-state index is 13.3. The van der Waals surface area contributed by atoms with Crippen molar-refractivity contribution in [1.82, 2.24) is 5.32 Å². The lowest BCUT2D eigenvalue weighted by Gasteiger charge is -2.19. The van der Waals surface area contributed by atoms with E-state index in [1.54, 1.807) is 79.9 Å². The molecule has 0 saturated heterocycles. The van der Waals surface area contributed by atoms with Crippen LogP contribution < -0.4 is 20.1 Å². The zero-order chi connectivity index (χ0) is 29.6. The predicted octanol–water partition coefficient (Wildman–Crippen LogP) is 5.01. The number of nitrogens with zero attached hydrogens (tertiary/aromatic N) is 4. The molecule has 0 unspecified atom stereocenters. The Kier molecular flexibility index (Phi) is 8.49. The third-order valence-electron chi connectivity index (χ3n) is 6.43. The van der Waals surface area contributed by atoms with Gasteiger partial charge in [-0.05, 0) is 60.7 Å². The first-order valence-electron chi connectivity index (χ1n) is 12.8. The van der Waals surface area contributed by atoms with Crippen molar-refractivity contribution in [3.8, 4) is 11.5 Å². The number of Topliss-reactive ketones (excluding diaryl/α,β-unsaturated/α-hetero) is 2. The number of carbonyl (C=O) groups excluding carboxylic acids is 3. The number of hydrogen-bond acceptors (Lipinski definition) is 9. The minimum Gasteiger partial charge on any atom is -0.497 e. The molecule has 0 aromatic heterocycles. The molecule has 0 saturated carbocycles. The summed E-state index contributed by atoms with van der Waals surface area (Å²) in [4.78, 5) is 48.4. The molecule has 0 spiro atoms. The molecule has 42 heavy (non-hydrogen) atoms. The van der Waals surface area contributed by atoms with E-state index in [1.165, 1.54) is 7.11 Å². The number of aliphatic imine (C=N–C) groups is 2. The van der Waals surface area contributed by atoms with Crippen LogP contribution in [0.25, 0.3) is 0 Å². The van der Waals surface area contributed by atoms with Gasteiger partial charge in [-0.25, -0.2) is 9.79 Å². The van der Waals surface area contributed by atoms with Crippen LogP contribution in [0.15, 0.2) is 93.0 Å². The Morgan fingerprint density at radius 2 is 1.48 bits per heavy atom. The highest BCUT2D eigenvalue weighted by Gasteiger charge is 2.34. The summed E-state index contributed by atoms with van der Waals surface area (Å²) >= 11 is 5.91. The van der Waals surface area contributed by atoms with Gasteiger partial charge in [0, 0.05) is 21.8 Å². The van der Waals surface area contributed by atoms with E-state index in [-0.39, 0.29) is 36.1 Å².